The summed E-state index contributed by atoms with van der Waals surface area (Å²) in [6.07, 6.45) is 0.769. The van der Waals surface area contributed by atoms with Gasteiger partial charge in [0.1, 0.15) is 10.7 Å². The summed E-state index contributed by atoms with van der Waals surface area (Å²) in [5.74, 6) is -0.750. The molecule has 0 spiro atoms. The smallest absolute Gasteiger partial charge is 0.246 e. The Hall–Kier alpha value is -0.500. The van der Waals surface area contributed by atoms with Crippen LogP contribution >= 0.6 is 15.9 Å². The third-order valence-corrected chi connectivity index (χ3v) is 5.86. The first-order chi connectivity index (χ1) is 9.17. The molecule has 0 aromatic heterocycles. The Morgan fingerprint density at radius 3 is 2.60 bits per heavy atom. The maximum absolute atomic E-state index is 14.3. The number of hydrogen-bond acceptors (Lipinski definition) is 3. The van der Waals surface area contributed by atoms with Gasteiger partial charge in [-0.1, -0.05) is 29.8 Å². The van der Waals surface area contributed by atoms with Crippen LogP contribution in [0.15, 0.2) is 21.5 Å². The highest BCUT2D eigenvalue weighted by Gasteiger charge is 2.38. The predicted octanol–water partition coefficient (Wildman–Crippen LogP) is 2.47. The minimum Gasteiger partial charge on any atom is -0.326 e. The molecule has 0 aliphatic carbocycles. The molecular weight excluding hydrogens is 347 g/mol. The van der Waals surface area contributed by atoms with Crippen molar-refractivity contribution < 1.29 is 12.8 Å². The molecule has 0 saturated carbocycles. The van der Waals surface area contributed by atoms with Crippen molar-refractivity contribution >= 4 is 26.0 Å². The van der Waals surface area contributed by atoms with Crippen LogP contribution in [0.25, 0.3) is 0 Å². The first-order valence-electron chi connectivity index (χ1n) is 6.35. The Labute approximate surface area is 127 Å². The van der Waals surface area contributed by atoms with Gasteiger partial charge in [0.05, 0.1) is 0 Å². The second kappa shape index (κ2) is 5.36. The second-order valence-electron chi connectivity index (χ2n) is 5.83. The van der Waals surface area contributed by atoms with Crippen LogP contribution in [0, 0.1) is 11.2 Å². The van der Waals surface area contributed by atoms with Crippen molar-refractivity contribution in [3.05, 3.63) is 28.0 Å². The van der Waals surface area contributed by atoms with Crippen LogP contribution < -0.4 is 5.73 Å². The van der Waals surface area contributed by atoms with Gasteiger partial charge in [-0.15, -0.1) is 0 Å². The molecule has 7 heteroatoms. The van der Waals surface area contributed by atoms with Crippen LogP contribution in [0.2, 0.25) is 0 Å². The van der Waals surface area contributed by atoms with E-state index < -0.39 is 15.8 Å². The molecule has 1 fully saturated rings. The third kappa shape index (κ3) is 2.90. The summed E-state index contributed by atoms with van der Waals surface area (Å²) in [5.41, 5.74) is 5.57. The molecule has 4 nitrogen and oxygen atoms in total. The molecule has 112 valence electrons. The lowest BCUT2D eigenvalue weighted by molar-refractivity contribution is 0.374. The fraction of sp³-hybridized carbons (Fsp3) is 0.538. The highest BCUT2D eigenvalue weighted by atomic mass is 79.9. The quantitative estimate of drug-likeness (QED) is 0.895. The van der Waals surface area contributed by atoms with Gasteiger partial charge in [0.25, 0.3) is 0 Å². The molecule has 0 radical (unpaired) electrons. The summed E-state index contributed by atoms with van der Waals surface area (Å²) in [7, 11) is -3.82. The van der Waals surface area contributed by atoms with E-state index in [1.54, 1.807) is 0 Å². The lowest BCUT2D eigenvalue weighted by Crippen LogP contribution is -2.31. The Morgan fingerprint density at radius 1 is 1.45 bits per heavy atom. The van der Waals surface area contributed by atoms with Crippen molar-refractivity contribution in [2.24, 2.45) is 11.1 Å². The lowest BCUT2D eigenvalue weighted by Gasteiger charge is -2.20. The van der Waals surface area contributed by atoms with Crippen molar-refractivity contribution in [1.29, 1.82) is 0 Å². The lowest BCUT2D eigenvalue weighted by atomic mass is 9.93. The van der Waals surface area contributed by atoms with E-state index in [1.165, 1.54) is 16.4 Å². The van der Waals surface area contributed by atoms with Gasteiger partial charge in [-0.05, 0) is 24.0 Å². The SMILES string of the molecule is CC1(C)CCN(S(=O)(=O)c2cc(Br)cc(CN)c2F)C1. The minimum absolute atomic E-state index is 0.0424. The average molecular weight is 365 g/mol. The first-order valence-corrected chi connectivity index (χ1v) is 8.59. The van der Waals surface area contributed by atoms with E-state index in [4.69, 9.17) is 5.73 Å². The van der Waals surface area contributed by atoms with E-state index >= 15 is 0 Å². The van der Waals surface area contributed by atoms with Gasteiger partial charge in [-0.3, -0.25) is 0 Å². The summed E-state index contributed by atoms with van der Waals surface area (Å²) in [4.78, 5) is -0.301. The second-order valence-corrected chi connectivity index (χ2v) is 8.66. The van der Waals surface area contributed by atoms with Crippen molar-refractivity contribution in [2.75, 3.05) is 13.1 Å². The Kier molecular flexibility index (Phi) is 4.26. The molecule has 1 heterocycles. The number of benzene rings is 1. The first kappa shape index (κ1) is 15.9. The minimum atomic E-state index is -3.82. The summed E-state index contributed by atoms with van der Waals surface area (Å²) < 4.78 is 41.3. The van der Waals surface area contributed by atoms with Gasteiger partial charge < -0.3 is 5.73 Å². The van der Waals surface area contributed by atoms with Crippen LogP contribution in [0.4, 0.5) is 4.39 Å². The van der Waals surface area contributed by atoms with Gasteiger partial charge in [0, 0.05) is 29.7 Å². The van der Waals surface area contributed by atoms with E-state index in [9.17, 15) is 12.8 Å². The molecule has 0 atom stereocenters. The molecule has 0 unspecified atom stereocenters. The normalized spacial score (nSPS) is 19.4. The summed E-state index contributed by atoms with van der Waals surface area (Å²) in [5, 5.41) is 0. The molecule has 0 bridgehead atoms. The molecule has 0 amide bonds. The summed E-state index contributed by atoms with van der Waals surface area (Å²) >= 11 is 3.21. The summed E-state index contributed by atoms with van der Waals surface area (Å²) in [6, 6.07) is 2.80. The number of rotatable bonds is 3. The highest BCUT2D eigenvalue weighted by Crippen LogP contribution is 2.34. The fourth-order valence-corrected chi connectivity index (χ4v) is 4.78. The number of nitrogens with zero attached hydrogens (tertiary/aromatic N) is 1. The van der Waals surface area contributed by atoms with E-state index in [-0.39, 0.29) is 22.4 Å². The van der Waals surface area contributed by atoms with E-state index in [0.29, 0.717) is 17.6 Å². The van der Waals surface area contributed by atoms with Crippen LogP contribution in [-0.4, -0.2) is 25.8 Å². The van der Waals surface area contributed by atoms with Gasteiger partial charge in [-0.25, -0.2) is 12.8 Å². The van der Waals surface area contributed by atoms with Crippen molar-refractivity contribution in [2.45, 2.75) is 31.7 Å². The van der Waals surface area contributed by atoms with Crippen molar-refractivity contribution in [3.63, 3.8) is 0 Å². The zero-order chi connectivity index (χ0) is 15.1. The van der Waals surface area contributed by atoms with Crippen LogP contribution in [0.1, 0.15) is 25.8 Å². The Morgan fingerprint density at radius 2 is 2.10 bits per heavy atom. The molecule has 1 saturated heterocycles. The Bertz CT molecular complexity index is 632. The maximum atomic E-state index is 14.3. The number of halogens is 2. The largest absolute Gasteiger partial charge is 0.326 e. The molecule has 1 aromatic carbocycles. The molecule has 1 aliphatic rings. The van der Waals surface area contributed by atoms with Gasteiger partial charge in [-0.2, -0.15) is 4.31 Å². The standard InChI is InChI=1S/C13H18BrFN2O2S/c1-13(2)3-4-17(8-13)20(18,19)11-6-10(14)5-9(7-16)12(11)15/h5-6H,3-4,7-8,16H2,1-2H3. The zero-order valence-electron chi connectivity index (χ0n) is 11.5. The molecule has 1 aromatic rings. The molecule has 20 heavy (non-hydrogen) atoms. The van der Waals surface area contributed by atoms with Gasteiger partial charge in [0.15, 0.2) is 0 Å². The highest BCUT2D eigenvalue weighted by molar-refractivity contribution is 9.10. The third-order valence-electron chi connectivity index (χ3n) is 3.56. The Balaban J connectivity index is 2.48. The zero-order valence-corrected chi connectivity index (χ0v) is 13.9. The van der Waals surface area contributed by atoms with Crippen molar-refractivity contribution in [1.82, 2.24) is 4.31 Å². The number of hydrogen-bond donors (Lipinski definition) is 1. The average Bonchev–Trinajstić information content (AvgIpc) is 2.72. The fourth-order valence-electron chi connectivity index (χ4n) is 2.36. The predicted molar refractivity (Wildman–Crippen MR) is 79.1 cm³/mol. The summed E-state index contributed by atoms with van der Waals surface area (Å²) in [6.45, 7) is 4.79. The number of nitrogens with two attached hydrogens (primary N) is 1. The van der Waals surface area contributed by atoms with E-state index in [0.717, 1.165) is 6.42 Å². The topological polar surface area (TPSA) is 63.4 Å². The molecule has 2 rings (SSSR count). The van der Waals surface area contributed by atoms with Crippen LogP contribution in [-0.2, 0) is 16.6 Å². The van der Waals surface area contributed by atoms with Crippen LogP contribution in [0.5, 0.6) is 0 Å². The van der Waals surface area contributed by atoms with Gasteiger partial charge >= 0.3 is 0 Å². The molecule has 2 N–H and O–H groups in total. The van der Waals surface area contributed by atoms with Crippen molar-refractivity contribution in [3.8, 4) is 0 Å². The maximum Gasteiger partial charge on any atom is 0.246 e. The van der Waals surface area contributed by atoms with E-state index in [2.05, 4.69) is 15.9 Å². The molecular formula is C13H18BrFN2O2S. The number of sulfonamides is 1. The molecule has 1 aliphatic heterocycles. The van der Waals surface area contributed by atoms with Crippen LogP contribution in [0.3, 0.4) is 0 Å². The van der Waals surface area contributed by atoms with E-state index in [1.807, 2.05) is 13.8 Å². The van der Waals surface area contributed by atoms with Gasteiger partial charge in [0.2, 0.25) is 10.0 Å². The monoisotopic (exact) mass is 364 g/mol.